The van der Waals surface area contributed by atoms with E-state index in [1.165, 1.54) is 33.0 Å². The standard InChI is InChI=1S/C44H29N3O/c1-44(2)37-14-8-7-13-33(37)34-19-17-31(23-38(34)44)42-45-41(30-16-15-26-9-3-4-10-27(26)21-30)46-43(47-42)32-18-20-35-36-22-28-11-5-6-12-29(28)24-40(36)48-39(35)25-32/h3-25H,1-2H3. The molecule has 0 saturated carbocycles. The number of benzene rings is 7. The Morgan fingerprint density at radius 2 is 0.958 bits per heavy atom. The van der Waals surface area contributed by atoms with E-state index >= 15 is 0 Å². The fraction of sp³-hybridized carbons (Fsp3) is 0.0682. The lowest BCUT2D eigenvalue weighted by Crippen LogP contribution is -2.15. The Bertz CT molecular complexity index is 2770. The van der Waals surface area contributed by atoms with E-state index in [1.807, 2.05) is 0 Å². The Hall–Kier alpha value is -6.13. The summed E-state index contributed by atoms with van der Waals surface area (Å²) in [4.78, 5) is 15.3. The van der Waals surface area contributed by atoms with E-state index in [0.717, 1.165) is 49.4 Å². The summed E-state index contributed by atoms with van der Waals surface area (Å²) in [7, 11) is 0. The molecule has 0 fully saturated rings. The van der Waals surface area contributed by atoms with Gasteiger partial charge in [0.25, 0.3) is 0 Å². The normalized spacial score (nSPS) is 13.4. The van der Waals surface area contributed by atoms with Crippen molar-refractivity contribution < 1.29 is 4.42 Å². The molecule has 0 saturated heterocycles. The summed E-state index contributed by atoms with van der Waals surface area (Å²) in [6.45, 7) is 4.60. The summed E-state index contributed by atoms with van der Waals surface area (Å²) >= 11 is 0. The number of hydrogen-bond acceptors (Lipinski definition) is 4. The van der Waals surface area contributed by atoms with E-state index in [-0.39, 0.29) is 5.41 Å². The molecule has 4 heteroatoms. The highest BCUT2D eigenvalue weighted by molar-refractivity contribution is 6.10. The fourth-order valence-electron chi connectivity index (χ4n) is 7.54. The van der Waals surface area contributed by atoms with Gasteiger partial charge in [0.2, 0.25) is 0 Å². The van der Waals surface area contributed by atoms with Crippen molar-refractivity contribution in [2.24, 2.45) is 0 Å². The van der Waals surface area contributed by atoms with Gasteiger partial charge in [-0.2, -0.15) is 0 Å². The molecular formula is C44H29N3O. The minimum atomic E-state index is -0.129. The van der Waals surface area contributed by atoms with Crippen molar-refractivity contribution in [3.05, 3.63) is 151 Å². The third-order valence-electron chi connectivity index (χ3n) is 10.1. The van der Waals surface area contributed by atoms with Crippen LogP contribution in [-0.2, 0) is 5.41 Å². The highest BCUT2D eigenvalue weighted by Gasteiger charge is 2.35. The zero-order valence-electron chi connectivity index (χ0n) is 26.5. The average Bonchev–Trinajstić information content (AvgIpc) is 3.60. The predicted octanol–water partition coefficient (Wildman–Crippen LogP) is 11.4. The van der Waals surface area contributed by atoms with Crippen molar-refractivity contribution in [1.82, 2.24) is 15.0 Å². The molecule has 226 valence electrons. The number of hydrogen-bond donors (Lipinski definition) is 0. The Kier molecular flexibility index (Phi) is 5.59. The third kappa shape index (κ3) is 4.06. The van der Waals surface area contributed by atoms with Gasteiger partial charge in [-0.05, 0) is 80.2 Å². The molecule has 4 nitrogen and oxygen atoms in total. The lowest BCUT2D eigenvalue weighted by atomic mass is 9.82. The molecule has 0 bridgehead atoms. The van der Waals surface area contributed by atoms with Crippen LogP contribution in [0.3, 0.4) is 0 Å². The van der Waals surface area contributed by atoms with Crippen LogP contribution >= 0.6 is 0 Å². The predicted molar refractivity (Wildman–Crippen MR) is 196 cm³/mol. The van der Waals surface area contributed by atoms with Crippen LogP contribution in [-0.4, -0.2) is 15.0 Å². The molecule has 0 N–H and O–H groups in total. The van der Waals surface area contributed by atoms with Crippen LogP contribution in [0.15, 0.2) is 144 Å². The molecule has 0 spiro atoms. The summed E-state index contributed by atoms with van der Waals surface area (Å²) in [6.07, 6.45) is 0. The van der Waals surface area contributed by atoms with Crippen molar-refractivity contribution in [3.63, 3.8) is 0 Å². The van der Waals surface area contributed by atoms with Crippen LogP contribution in [0.5, 0.6) is 0 Å². The maximum Gasteiger partial charge on any atom is 0.164 e. The van der Waals surface area contributed by atoms with Gasteiger partial charge in [0.05, 0.1) is 0 Å². The second kappa shape index (κ2) is 9.93. The molecule has 0 amide bonds. The summed E-state index contributed by atoms with van der Waals surface area (Å²) in [5.41, 5.74) is 9.54. The van der Waals surface area contributed by atoms with E-state index in [1.54, 1.807) is 0 Å². The Morgan fingerprint density at radius 3 is 1.73 bits per heavy atom. The molecule has 10 rings (SSSR count). The number of aromatic nitrogens is 3. The summed E-state index contributed by atoms with van der Waals surface area (Å²) < 4.78 is 6.43. The average molecular weight is 616 g/mol. The van der Waals surface area contributed by atoms with Crippen LogP contribution in [0, 0.1) is 0 Å². The van der Waals surface area contributed by atoms with Gasteiger partial charge >= 0.3 is 0 Å². The van der Waals surface area contributed by atoms with Gasteiger partial charge in [0, 0.05) is 32.9 Å². The molecule has 1 aliphatic rings. The second-order valence-corrected chi connectivity index (χ2v) is 13.3. The molecule has 9 aromatic rings. The van der Waals surface area contributed by atoms with Crippen molar-refractivity contribution in [1.29, 1.82) is 0 Å². The van der Waals surface area contributed by atoms with E-state index < -0.39 is 0 Å². The van der Waals surface area contributed by atoms with Gasteiger partial charge in [-0.15, -0.1) is 0 Å². The third-order valence-corrected chi connectivity index (χ3v) is 10.1. The smallest absolute Gasteiger partial charge is 0.164 e. The van der Waals surface area contributed by atoms with E-state index in [4.69, 9.17) is 19.4 Å². The zero-order valence-corrected chi connectivity index (χ0v) is 26.5. The van der Waals surface area contributed by atoms with Crippen molar-refractivity contribution >= 4 is 43.5 Å². The van der Waals surface area contributed by atoms with Crippen LogP contribution in [0.1, 0.15) is 25.0 Å². The molecule has 2 heterocycles. The van der Waals surface area contributed by atoms with Crippen LogP contribution in [0.4, 0.5) is 0 Å². The molecule has 7 aromatic carbocycles. The second-order valence-electron chi connectivity index (χ2n) is 13.3. The fourth-order valence-corrected chi connectivity index (χ4v) is 7.54. The zero-order chi connectivity index (χ0) is 32.0. The summed E-state index contributed by atoms with van der Waals surface area (Å²) in [5, 5.41) is 6.85. The highest BCUT2D eigenvalue weighted by atomic mass is 16.3. The molecule has 2 aromatic heterocycles. The monoisotopic (exact) mass is 615 g/mol. The van der Waals surface area contributed by atoms with E-state index in [0.29, 0.717) is 17.5 Å². The first-order valence-electron chi connectivity index (χ1n) is 16.4. The molecule has 0 radical (unpaired) electrons. The summed E-state index contributed by atoms with van der Waals surface area (Å²) in [5.74, 6) is 1.90. The van der Waals surface area contributed by atoms with Gasteiger partial charge in [-0.25, -0.2) is 15.0 Å². The van der Waals surface area contributed by atoms with Gasteiger partial charge in [0.15, 0.2) is 17.5 Å². The van der Waals surface area contributed by atoms with Crippen molar-refractivity contribution in [2.75, 3.05) is 0 Å². The van der Waals surface area contributed by atoms with Gasteiger partial charge in [0.1, 0.15) is 11.2 Å². The van der Waals surface area contributed by atoms with Crippen LogP contribution in [0.25, 0.3) is 88.8 Å². The first-order chi connectivity index (χ1) is 23.5. The van der Waals surface area contributed by atoms with Gasteiger partial charge in [-0.1, -0.05) is 117 Å². The Labute approximate surface area is 277 Å². The first-order valence-corrected chi connectivity index (χ1v) is 16.4. The number of nitrogens with zero attached hydrogens (tertiary/aromatic N) is 3. The highest BCUT2D eigenvalue weighted by Crippen LogP contribution is 2.49. The quantitative estimate of drug-likeness (QED) is 0.198. The van der Waals surface area contributed by atoms with Crippen LogP contribution in [0.2, 0.25) is 0 Å². The molecule has 0 unspecified atom stereocenters. The maximum atomic E-state index is 6.43. The maximum absolute atomic E-state index is 6.43. The minimum Gasteiger partial charge on any atom is -0.456 e. The lowest BCUT2D eigenvalue weighted by molar-refractivity contribution is 0.660. The molecule has 1 aliphatic carbocycles. The van der Waals surface area contributed by atoms with Crippen molar-refractivity contribution in [2.45, 2.75) is 19.3 Å². The summed E-state index contributed by atoms with van der Waals surface area (Å²) in [6, 6.07) is 49.1. The first kappa shape index (κ1) is 27.0. The molecule has 0 aliphatic heterocycles. The van der Waals surface area contributed by atoms with E-state index in [2.05, 4.69) is 153 Å². The number of furan rings is 1. The van der Waals surface area contributed by atoms with E-state index in [9.17, 15) is 0 Å². The minimum absolute atomic E-state index is 0.129. The molecular weight excluding hydrogens is 587 g/mol. The van der Waals surface area contributed by atoms with Crippen LogP contribution < -0.4 is 0 Å². The topological polar surface area (TPSA) is 51.8 Å². The van der Waals surface area contributed by atoms with Crippen molar-refractivity contribution in [3.8, 4) is 45.3 Å². The Morgan fingerprint density at radius 1 is 0.417 bits per heavy atom. The van der Waals surface area contributed by atoms with Gasteiger partial charge in [-0.3, -0.25) is 0 Å². The SMILES string of the molecule is CC1(C)c2ccccc2-c2ccc(-c3nc(-c4ccc5ccccc5c4)nc(-c4ccc5c(c4)oc4cc6ccccc6cc45)n3)cc21. The lowest BCUT2D eigenvalue weighted by Gasteiger charge is -2.21. The Balaban J connectivity index is 1.16. The number of rotatable bonds is 3. The molecule has 0 atom stereocenters. The largest absolute Gasteiger partial charge is 0.456 e. The molecule has 48 heavy (non-hydrogen) atoms. The van der Waals surface area contributed by atoms with Gasteiger partial charge < -0.3 is 4.42 Å². The number of fused-ring (bicyclic) bond motifs is 8.